The Morgan fingerprint density at radius 3 is 0.917 bits per heavy atom. The number of rotatable bonds is 15. The Morgan fingerprint density at radius 1 is 0.292 bits per heavy atom. The fourth-order valence-electron chi connectivity index (χ4n) is 16.0. The van der Waals surface area contributed by atoms with Crippen LogP contribution in [-0.4, -0.2) is 24.9 Å². The van der Waals surface area contributed by atoms with Crippen LogP contribution in [0.15, 0.2) is 304 Å². The zero-order chi connectivity index (χ0) is 86.2. The second kappa shape index (κ2) is 40.4. The first-order chi connectivity index (χ1) is 58.8. The molecule has 2 aliphatic carbocycles. The van der Waals surface area contributed by atoms with Crippen LogP contribution in [0.2, 0.25) is 0 Å². The smallest absolute Gasteiger partial charge is 0.213 e. The molecule has 0 N–H and O–H groups in total. The highest BCUT2D eigenvalue weighted by atomic mass is 15.0. The molecule has 120 heavy (non-hydrogen) atoms. The minimum Gasteiger partial charge on any atom is -0.256 e. The highest BCUT2D eigenvalue weighted by molar-refractivity contribution is 5.74. The van der Waals surface area contributed by atoms with Gasteiger partial charge in [0.1, 0.15) is 46.9 Å². The van der Waals surface area contributed by atoms with Crippen molar-refractivity contribution in [2.24, 2.45) is 35.2 Å². The van der Waals surface area contributed by atoms with Crippen molar-refractivity contribution in [1.29, 1.82) is 0 Å². The second-order valence-electron chi connectivity index (χ2n) is 33.3. The summed E-state index contributed by atoms with van der Waals surface area (Å²) < 4.78 is 28.3. The van der Waals surface area contributed by atoms with E-state index < -0.39 is 0 Å². The van der Waals surface area contributed by atoms with Gasteiger partial charge in [-0.2, -0.15) is 0 Å². The van der Waals surface area contributed by atoms with Crippen molar-refractivity contribution >= 4 is 0 Å². The Labute approximate surface area is 717 Å². The van der Waals surface area contributed by atoms with Gasteiger partial charge >= 0.3 is 0 Å². The van der Waals surface area contributed by atoms with Gasteiger partial charge in [0.15, 0.2) is 36.8 Å². The first-order valence-electron chi connectivity index (χ1n) is 44.0. The highest BCUT2D eigenvalue weighted by Gasteiger charge is 2.24. The zero-order valence-corrected chi connectivity index (χ0v) is 73.4. The summed E-state index contributed by atoms with van der Waals surface area (Å²) in [5.74, 6) is 2.75. The maximum atomic E-state index is 8.83. The quantitative estimate of drug-likeness (QED) is 0.0955. The molecule has 0 spiro atoms. The zero-order valence-electron chi connectivity index (χ0n) is 75.4. The molecule has 7 aromatic carbocycles. The maximum absolute atomic E-state index is 8.83. The highest BCUT2D eigenvalue weighted by Crippen LogP contribution is 2.38. The van der Waals surface area contributed by atoms with Gasteiger partial charge in [0.05, 0.1) is 11.4 Å². The lowest BCUT2D eigenvalue weighted by atomic mass is 9.84. The van der Waals surface area contributed by atoms with Crippen LogP contribution in [0.1, 0.15) is 188 Å². The monoisotopic (exact) mass is 1580 g/mol. The van der Waals surface area contributed by atoms with Crippen molar-refractivity contribution in [2.75, 3.05) is 0 Å². The number of hydrogen-bond acceptors (Lipinski definition) is 5. The average molecular weight is 1590 g/mol. The first kappa shape index (κ1) is 82.7. The Kier molecular flexibility index (Phi) is 27.8. The third-order valence-corrected chi connectivity index (χ3v) is 23.4. The van der Waals surface area contributed by atoms with Crippen molar-refractivity contribution in [3.05, 3.63) is 360 Å². The Balaban J connectivity index is 0.000000132. The molecular weight excluding hydrogens is 1460 g/mol. The van der Waals surface area contributed by atoms with Gasteiger partial charge in [0.25, 0.3) is 0 Å². The van der Waals surface area contributed by atoms with Crippen LogP contribution < -0.4 is 22.8 Å². The molecule has 2 fully saturated rings. The third-order valence-electron chi connectivity index (χ3n) is 23.4. The number of benzene rings is 7. The predicted octanol–water partition coefficient (Wildman–Crippen LogP) is 24.8. The van der Waals surface area contributed by atoms with Gasteiger partial charge in [0.2, 0.25) is 28.5 Å². The van der Waals surface area contributed by atoms with Crippen molar-refractivity contribution in [2.45, 2.75) is 163 Å². The van der Waals surface area contributed by atoms with Crippen LogP contribution in [-0.2, 0) is 35.2 Å². The molecule has 8 aromatic heterocycles. The summed E-state index contributed by atoms with van der Waals surface area (Å²) in [6.45, 7) is 23.6. The fourth-order valence-corrected chi connectivity index (χ4v) is 16.0. The molecule has 0 bridgehead atoms. The van der Waals surface area contributed by atoms with Crippen LogP contribution in [0, 0.1) is 34.6 Å². The van der Waals surface area contributed by atoms with E-state index in [1.807, 2.05) is 30.6 Å². The molecule has 17 rings (SSSR count). The summed E-state index contributed by atoms with van der Waals surface area (Å²) in [7, 11) is 10.4. The van der Waals surface area contributed by atoms with Gasteiger partial charge in [-0.1, -0.05) is 225 Å². The third kappa shape index (κ3) is 21.4. The molecule has 8 heterocycles. The summed E-state index contributed by atoms with van der Waals surface area (Å²) in [6.07, 6.45) is 24.3. The van der Waals surface area contributed by atoms with Gasteiger partial charge in [-0.15, -0.1) is 0 Å². The summed E-state index contributed by atoms with van der Waals surface area (Å²) in [5, 5.41) is 0. The van der Waals surface area contributed by atoms with Gasteiger partial charge in [-0.25, -0.2) is 37.8 Å². The maximum Gasteiger partial charge on any atom is 0.213 e. The number of aryl methyl sites for hydroxylation is 10. The minimum absolute atomic E-state index is 0.268. The molecule has 0 aliphatic heterocycles. The lowest BCUT2D eigenvalue weighted by Crippen LogP contribution is -2.30. The lowest BCUT2D eigenvalue weighted by Gasteiger charge is -2.22. The van der Waals surface area contributed by atoms with E-state index in [1.165, 1.54) is 149 Å². The molecular formula is C110H121N10+5. The molecule has 2 saturated carbocycles. The molecule has 10 heteroatoms. The summed E-state index contributed by atoms with van der Waals surface area (Å²) >= 11 is 0. The van der Waals surface area contributed by atoms with Crippen LogP contribution in [0.4, 0.5) is 0 Å². The van der Waals surface area contributed by atoms with E-state index in [2.05, 4.69) is 423 Å². The van der Waals surface area contributed by atoms with Crippen LogP contribution in [0.25, 0.3) is 112 Å². The Bertz CT molecular complexity index is 6040. The van der Waals surface area contributed by atoms with Crippen molar-refractivity contribution in [3.63, 3.8) is 0 Å². The Morgan fingerprint density at radius 2 is 0.600 bits per heavy atom. The van der Waals surface area contributed by atoms with Crippen LogP contribution in [0.5, 0.6) is 0 Å². The fraction of sp³-hybridized carbons (Fsp3) is 0.273. The molecule has 15 aromatic rings. The molecule has 0 radical (unpaired) electrons. The first-order valence-corrected chi connectivity index (χ1v) is 43.0. The summed E-state index contributed by atoms with van der Waals surface area (Å²) in [6, 6.07) is 91.9. The average Bonchev–Trinajstić information content (AvgIpc) is 1.02. The summed E-state index contributed by atoms with van der Waals surface area (Å²) in [4.78, 5) is 23.2. The number of pyridine rings is 7. The Hall–Kier alpha value is -12.4. The van der Waals surface area contributed by atoms with Gasteiger partial charge in [-0.3, -0.25) is 9.97 Å². The van der Waals surface area contributed by atoms with Crippen LogP contribution >= 0.6 is 0 Å². The molecule has 0 atom stereocenters. The molecule has 2 aliphatic rings. The number of nitrogens with zero attached hydrogens (tertiary/aromatic N) is 10. The van der Waals surface area contributed by atoms with E-state index in [9.17, 15) is 0 Å². The molecule has 606 valence electrons. The van der Waals surface area contributed by atoms with E-state index in [-0.39, 0.29) is 23.6 Å². The predicted molar refractivity (Wildman–Crippen MR) is 494 cm³/mol. The van der Waals surface area contributed by atoms with E-state index in [4.69, 9.17) is 12.7 Å². The van der Waals surface area contributed by atoms with Crippen molar-refractivity contribution in [1.82, 2.24) is 24.9 Å². The van der Waals surface area contributed by atoms with E-state index in [1.54, 1.807) is 0 Å². The second-order valence-corrected chi connectivity index (χ2v) is 33.3. The molecule has 0 unspecified atom stereocenters. The number of hydrogen-bond donors (Lipinski definition) is 0. The molecule has 0 amide bonds. The van der Waals surface area contributed by atoms with Crippen molar-refractivity contribution < 1.29 is 25.6 Å². The largest absolute Gasteiger partial charge is 0.256 e. The van der Waals surface area contributed by atoms with Gasteiger partial charge < -0.3 is 0 Å². The van der Waals surface area contributed by atoms with E-state index in [0.29, 0.717) is 5.92 Å². The molecule has 10 nitrogen and oxygen atoms in total. The minimum atomic E-state index is -0.383. The van der Waals surface area contributed by atoms with Gasteiger partial charge in [-0.05, 0) is 193 Å². The van der Waals surface area contributed by atoms with Gasteiger partial charge in [0, 0.05) is 132 Å². The van der Waals surface area contributed by atoms with E-state index >= 15 is 0 Å². The van der Waals surface area contributed by atoms with E-state index in [0.717, 1.165) is 76.9 Å². The SMILES string of the molecule is Cc1ccccc1-c1cc(-c2ccc(C(C)C)cn2)cc[n+]1C.Cc1ccccc1-c1cc(-c2ccccn2)cc[n+]1C.Cc1ccccc1-c1cc(-c2nc(C(C)C)nc(C(C)C)n2)cc[n+]1C.[2H]C1(c2ccc(-c3cc[n+](C)c(-c4ccccc4C)c3)cc2)CCCC1.[2H]C1(c2ccc(-c3cc[n+](C)c(-c4ccccc4C)c3)cc2)CCCCC1. The summed E-state index contributed by atoms with van der Waals surface area (Å²) in [5.41, 5.74) is 32.5. The standard InChI is InChI=1S/C25H28N.C24H26N.C22H27N4.C21H23N2.C18H17N2/c1-19-8-6-7-11-24(19)25-18-23(16-17-26(25)2)22-14-12-21(13-15-22)20-9-4-3-5-10-20;1-18-7-3-6-10-23(18)24-17-22(15-16-25(24)2)21-13-11-20(12-14-21)19-8-4-5-9-19;1-14(2)20-23-21(15(3)4)25-22(24-20)17-11-12-26(6)19(13-17)18-10-8-7-9-16(18)5;1-15(2)18-9-10-20(22-14-18)17-11-12-23(4)21(13-17)19-8-6-5-7-16(19)3;1-14-7-3-4-8-16(14)18-13-15(10-12-20(18)2)17-9-5-6-11-19-17/h6-8,11-18,20H,3-5,9-10H2,1-2H3;3,6-7,10-17,19H,4-5,8-9H2,1-2H3;7-15H,1-6H3;5-15H,1-4H3;3-13H,1-2H3/q5*+1/i20D;19D;;;. The molecule has 0 saturated heterocycles. The van der Waals surface area contributed by atoms with Crippen molar-refractivity contribution in [3.8, 4) is 112 Å². The number of aromatic nitrogens is 10. The van der Waals surface area contributed by atoms with Crippen LogP contribution in [0.3, 0.4) is 0 Å². The topological polar surface area (TPSA) is 83.8 Å². The lowest BCUT2D eigenvalue weighted by molar-refractivity contribution is -0.660. The normalized spacial score (nSPS) is 13.5.